The van der Waals surface area contributed by atoms with E-state index in [0.29, 0.717) is 55.5 Å². The number of aromatic nitrogens is 2. The second kappa shape index (κ2) is 9.54. The number of benzene rings is 2. The van der Waals surface area contributed by atoms with Crippen molar-refractivity contribution < 1.29 is 13.9 Å². The highest BCUT2D eigenvalue weighted by Gasteiger charge is 2.29. The number of aryl methyl sites for hydroxylation is 2. The van der Waals surface area contributed by atoms with E-state index in [1.165, 1.54) is 0 Å². The van der Waals surface area contributed by atoms with Crippen LogP contribution in [-0.2, 0) is 6.42 Å². The summed E-state index contributed by atoms with van der Waals surface area (Å²) in [6, 6.07) is 15.7. The summed E-state index contributed by atoms with van der Waals surface area (Å²) in [5.74, 6) is 1.26. The summed E-state index contributed by atoms with van der Waals surface area (Å²) in [5.41, 5.74) is 4.57. The molecule has 2 aromatic heterocycles. The van der Waals surface area contributed by atoms with E-state index < -0.39 is 0 Å². The number of nitrogens with zero attached hydrogens (tertiary/aromatic N) is 3. The van der Waals surface area contributed by atoms with Crippen LogP contribution in [0.2, 0.25) is 0 Å². The molecule has 0 atom stereocenters. The summed E-state index contributed by atoms with van der Waals surface area (Å²) in [5, 5.41) is 0.737. The zero-order chi connectivity index (χ0) is 25.5. The second-order valence-corrected chi connectivity index (χ2v) is 9.96. The molecule has 1 aliphatic carbocycles. The zero-order valence-corrected chi connectivity index (χ0v) is 21.3. The Morgan fingerprint density at radius 2 is 1.86 bits per heavy atom. The first-order valence-corrected chi connectivity index (χ1v) is 13.1. The molecule has 0 radical (unpaired) electrons. The number of H-pyrrole nitrogens is 1. The van der Waals surface area contributed by atoms with Crippen molar-refractivity contribution in [2.45, 2.75) is 39.2 Å². The van der Waals surface area contributed by atoms with Crippen molar-refractivity contribution >= 4 is 22.6 Å². The summed E-state index contributed by atoms with van der Waals surface area (Å²) < 4.78 is 21.4. The van der Waals surface area contributed by atoms with Gasteiger partial charge in [0.1, 0.15) is 11.5 Å². The lowest BCUT2D eigenvalue weighted by Gasteiger charge is -2.35. The molecule has 6 rings (SSSR count). The van der Waals surface area contributed by atoms with Gasteiger partial charge in [0.05, 0.1) is 11.6 Å². The molecule has 7 heteroatoms. The van der Waals surface area contributed by atoms with Crippen molar-refractivity contribution in [3.05, 3.63) is 77.4 Å². The Labute approximate surface area is 216 Å². The van der Waals surface area contributed by atoms with Crippen LogP contribution in [0.1, 0.15) is 41.4 Å². The third-order valence-corrected chi connectivity index (χ3v) is 7.41. The minimum absolute atomic E-state index is 0.112. The van der Waals surface area contributed by atoms with Crippen molar-refractivity contribution in [1.29, 1.82) is 0 Å². The molecule has 3 heterocycles. The number of carbonyl (C=O) groups is 1. The average molecular weight is 499 g/mol. The van der Waals surface area contributed by atoms with Crippen LogP contribution in [0.5, 0.6) is 5.75 Å². The first kappa shape index (κ1) is 23.5. The molecule has 0 spiro atoms. The third kappa shape index (κ3) is 4.43. The highest BCUT2D eigenvalue weighted by molar-refractivity contribution is 6.04. The number of nitrogens with one attached hydrogen (secondary N) is 1. The Morgan fingerprint density at radius 3 is 2.59 bits per heavy atom. The molecule has 1 saturated carbocycles. The Hall–Kier alpha value is -3.87. The number of anilines is 1. The van der Waals surface area contributed by atoms with Crippen LogP contribution in [0.15, 0.2) is 54.7 Å². The predicted molar refractivity (Wildman–Crippen MR) is 144 cm³/mol. The van der Waals surface area contributed by atoms with Crippen LogP contribution >= 0.6 is 0 Å². The average Bonchev–Trinajstić information content (AvgIpc) is 3.63. The van der Waals surface area contributed by atoms with Crippen molar-refractivity contribution in [2.75, 3.05) is 31.1 Å². The molecule has 4 aromatic rings. The van der Waals surface area contributed by atoms with E-state index in [1.54, 1.807) is 6.20 Å². The Balaban J connectivity index is 1.26. The number of hydrogen-bond acceptors (Lipinski definition) is 4. The minimum atomic E-state index is -0.281. The van der Waals surface area contributed by atoms with Gasteiger partial charge in [0.25, 0.3) is 5.91 Å². The first-order chi connectivity index (χ1) is 18.0. The van der Waals surface area contributed by atoms with E-state index >= 15 is 4.39 Å². The Morgan fingerprint density at radius 1 is 1.08 bits per heavy atom. The van der Waals surface area contributed by atoms with Crippen LogP contribution in [-0.4, -0.2) is 53.1 Å². The fourth-order valence-corrected chi connectivity index (χ4v) is 5.16. The molecular weight excluding hydrogens is 467 g/mol. The number of rotatable bonds is 6. The molecule has 6 nitrogen and oxygen atoms in total. The molecule has 0 unspecified atom stereocenters. The Kier molecular flexibility index (Phi) is 6.07. The maximum atomic E-state index is 15.4. The third-order valence-electron chi connectivity index (χ3n) is 7.41. The molecule has 2 aliphatic rings. The van der Waals surface area contributed by atoms with Crippen molar-refractivity contribution in [3.63, 3.8) is 0 Å². The van der Waals surface area contributed by atoms with E-state index in [2.05, 4.69) is 27.9 Å². The van der Waals surface area contributed by atoms with Gasteiger partial charge >= 0.3 is 0 Å². The monoisotopic (exact) mass is 498 g/mol. The number of fused-ring (bicyclic) bond motifs is 1. The molecule has 37 heavy (non-hydrogen) atoms. The first-order valence-electron chi connectivity index (χ1n) is 13.1. The van der Waals surface area contributed by atoms with Crippen molar-refractivity contribution in [3.8, 4) is 16.9 Å². The van der Waals surface area contributed by atoms with E-state index in [-0.39, 0.29) is 11.7 Å². The zero-order valence-electron chi connectivity index (χ0n) is 21.3. The van der Waals surface area contributed by atoms with Crippen LogP contribution in [0.25, 0.3) is 22.0 Å². The number of piperazine rings is 1. The van der Waals surface area contributed by atoms with Gasteiger partial charge in [0.15, 0.2) is 11.6 Å². The number of aromatic amines is 1. The van der Waals surface area contributed by atoms with Gasteiger partial charge in [-0.05, 0) is 72.7 Å². The number of pyridine rings is 1. The molecule has 2 fully saturated rings. The summed E-state index contributed by atoms with van der Waals surface area (Å²) in [4.78, 5) is 25.2. The lowest BCUT2D eigenvalue weighted by Crippen LogP contribution is -2.49. The van der Waals surface area contributed by atoms with E-state index in [1.807, 2.05) is 54.3 Å². The molecule has 1 saturated heterocycles. The quantitative estimate of drug-likeness (QED) is 0.368. The standard InChI is InChI=1S/C30H31FN4O2/c1-3-20-17-23(22-8-5-4-7-19(22)2)24-18-25(33-28(24)27(20)31)30(36)35-15-13-34(14-16-35)29-26(9-6-12-32-29)37-21-10-11-21/h4-9,12,17-18,21,33H,3,10-11,13-16H2,1-2H3. The van der Waals surface area contributed by atoms with Gasteiger partial charge in [-0.1, -0.05) is 31.2 Å². The van der Waals surface area contributed by atoms with Crippen molar-refractivity contribution in [1.82, 2.24) is 14.9 Å². The highest BCUT2D eigenvalue weighted by Crippen LogP contribution is 2.36. The molecule has 0 bridgehead atoms. The fourth-order valence-electron chi connectivity index (χ4n) is 5.16. The highest BCUT2D eigenvalue weighted by atomic mass is 19.1. The van der Waals surface area contributed by atoms with Crippen LogP contribution in [0, 0.1) is 12.7 Å². The van der Waals surface area contributed by atoms with Crippen molar-refractivity contribution in [2.24, 2.45) is 0 Å². The number of carbonyl (C=O) groups excluding carboxylic acids is 1. The summed E-state index contributed by atoms with van der Waals surface area (Å²) in [6.45, 7) is 6.43. The topological polar surface area (TPSA) is 61.5 Å². The molecule has 1 aliphatic heterocycles. The molecule has 190 valence electrons. The minimum Gasteiger partial charge on any atom is -0.487 e. The van der Waals surface area contributed by atoms with E-state index in [0.717, 1.165) is 46.5 Å². The van der Waals surface area contributed by atoms with E-state index in [9.17, 15) is 4.79 Å². The molecule has 2 aromatic carbocycles. The SMILES string of the molecule is CCc1cc(-c2ccccc2C)c2cc(C(=O)N3CCN(c4ncccc4OC4CC4)CC3)[nH]c2c1F. The van der Waals surface area contributed by atoms with Gasteiger partial charge < -0.3 is 19.5 Å². The van der Waals surface area contributed by atoms with Gasteiger partial charge in [-0.2, -0.15) is 0 Å². The summed E-state index contributed by atoms with van der Waals surface area (Å²) >= 11 is 0. The van der Waals surface area contributed by atoms with Crippen LogP contribution in [0.3, 0.4) is 0 Å². The fraction of sp³-hybridized carbons (Fsp3) is 0.333. The molecular formula is C30H31FN4O2. The number of halogens is 1. The second-order valence-electron chi connectivity index (χ2n) is 9.96. The van der Waals surface area contributed by atoms with Crippen LogP contribution in [0.4, 0.5) is 10.2 Å². The molecule has 1 N–H and O–H groups in total. The molecule has 1 amide bonds. The number of amides is 1. The van der Waals surface area contributed by atoms with Gasteiger partial charge in [0, 0.05) is 37.8 Å². The lowest BCUT2D eigenvalue weighted by atomic mass is 9.94. The van der Waals surface area contributed by atoms with Gasteiger partial charge in [-0.3, -0.25) is 4.79 Å². The van der Waals surface area contributed by atoms with Gasteiger partial charge in [0.2, 0.25) is 0 Å². The summed E-state index contributed by atoms with van der Waals surface area (Å²) in [7, 11) is 0. The van der Waals surface area contributed by atoms with Crippen LogP contribution < -0.4 is 9.64 Å². The van der Waals surface area contributed by atoms with Gasteiger partial charge in [-0.25, -0.2) is 9.37 Å². The number of hydrogen-bond donors (Lipinski definition) is 1. The largest absolute Gasteiger partial charge is 0.487 e. The lowest BCUT2D eigenvalue weighted by molar-refractivity contribution is 0.0741. The normalized spacial score (nSPS) is 15.9. The maximum Gasteiger partial charge on any atom is 0.270 e. The maximum absolute atomic E-state index is 15.4. The van der Waals surface area contributed by atoms with Gasteiger partial charge in [-0.15, -0.1) is 0 Å². The Bertz CT molecular complexity index is 1470. The van der Waals surface area contributed by atoms with E-state index in [4.69, 9.17) is 4.74 Å². The predicted octanol–water partition coefficient (Wildman–Crippen LogP) is 5.74. The smallest absolute Gasteiger partial charge is 0.270 e. The number of ether oxygens (including phenoxy) is 1. The summed E-state index contributed by atoms with van der Waals surface area (Å²) in [6.07, 6.45) is 4.83.